The van der Waals surface area contributed by atoms with Gasteiger partial charge in [0.15, 0.2) is 0 Å². The standard InChI is InChI=1S/C18H19N5OS/c1-14(24)19-16-10-5-11-17(13-16)23-18(20-21-22-23)25-12-6-9-15-7-3-2-4-8-15/h2-5,7-8,10-11,13H,6,9,12H2,1H3,(H,19,24). The van der Waals surface area contributed by atoms with Gasteiger partial charge in [0.2, 0.25) is 11.1 Å². The summed E-state index contributed by atoms with van der Waals surface area (Å²) in [5.41, 5.74) is 2.88. The molecule has 3 aromatic rings. The molecule has 0 atom stereocenters. The molecule has 7 heteroatoms. The van der Waals surface area contributed by atoms with Crippen LogP contribution in [0.25, 0.3) is 5.69 Å². The molecular formula is C18H19N5OS. The molecular weight excluding hydrogens is 334 g/mol. The van der Waals surface area contributed by atoms with Crippen LogP contribution in [0.1, 0.15) is 18.9 Å². The molecule has 0 aliphatic rings. The number of benzene rings is 2. The second-order valence-electron chi connectivity index (χ2n) is 5.54. The highest BCUT2D eigenvalue weighted by atomic mass is 32.2. The van der Waals surface area contributed by atoms with Crippen molar-refractivity contribution in [3.63, 3.8) is 0 Å². The van der Waals surface area contributed by atoms with E-state index >= 15 is 0 Å². The average molecular weight is 353 g/mol. The first-order valence-corrected chi connectivity index (χ1v) is 9.04. The first-order valence-electron chi connectivity index (χ1n) is 8.05. The number of amides is 1. The minimum absolute atomic E-state index is 0.107. The van der Waals surface area contributed by atoms with Gasteiger partial charge in [0.25, 0.3) is 0 Å². The van der Waals surface area contributed by atoms with Crippen LogP contribution < -0.4 is 5.32 Å². The molecule has 3 rings (SSSR count). The van der Waals surface area contributed by atoms with Gasteiger partial charge in [-0.05, 0) is 47.0 Å². The Labute approximate surface area is 150 Å². The third kappa shape index (κ3) is 4.90. The Kier molecular flexibility index (Phi) is 5.79. The van der Waals surface area contributed by atoms with Crippen molar-refractivity contribution in [2.75, 3.05) is 11.1 Å². The molecule has 25 heavy (non-hydrogen) atoms. The van der Waals surface area contributed by atoms with E-state index < -0.39 is 0 Å². The molecule has 1 heterocycles. The highest BCUT2D eigenvalue weighted by molar-refractivity contribution is 7.99. The van der Waals surface area contributed by atoms with Crippen molar-refractivity contribution in [2.45, 2.75) is 24.9 Å². The molecule has 128 valence electrons. The van der Waals surface area contributed by atoms with Crippen LogP contribution in [0.3, 0.4) is 0 Å². The number of nitrogens with zero attached hydrogens (tertiary/aromatic N) is 4. The number of thioether (sulfide) groups is 1. The van der Waals surface area contributed by atoms with Crippen molar-refractivity contribution < 1.29 is 4.79 Å². The number of aromatic nitrogens is 4. The van der Waals surface area contributed by atoms with Crippen molar-refractivity contribution in [3.05, 3.63) is 60.2 Å². The van der Waals surface area contributed by atoms with Crippen LogP contribution in [0.4, 0.5) is 5.69 Å². The van der Waals surface area contributed by atoms with E-state index in [0.29, 0.717) is 0 Å². The number of hydrogen-bond donors (Lipinski definition) is 1. The Morgan fingerprint density at radius 2 is 2.00 bits per heavy atom. The van der Waals surface area contributed by atoms with E-state index in [1.807, 2.05) is 30.3 Å². The Bertz CT molecular complexity index is 834. The maximum atomic E-state index is 11.2. The van der Waals surface area contributed by atoms with Crippen molar-refractivity contribution in [1.29, 1.82) is 0 Å². The van der Waals surface area contributed by atoms with E-state index in [1.165, 1.54) is 12.5 Å². The third-order valence-electron chi connectivity index (χ3n) is 3.54. The lowest BCUT2D eigenvalue weighted by atomic mass is 10.1. The molecule has 0 bridgehead atoms. The largest absolute Gasteiger partial charge is 0.326 e. The molecule has 0 unspecified atom stereocenters. The summed E-state index contributed by atoms with van der Waals surface area (Å²) in [7, 11) is 0. The summed E-state index contributed by atoms with van der Waals surface area (Å²) in [6.07, 6.45) is 2.08. The van der Waals surface area contributed by atoms with Crippen molar-refractivity contribution >= 4 is 23.4 Å². The zero-order chi connectivity index (χ0) is 17.5. The molecule has 0 saturated carbocycles. The Morgan fingerprint density at radius 1 is 1.16 bits per heavy atom. The normalized spacial score (nSPS) is 10.6. The lowest BCUT2D eigenvalue weighted by Crippen LogP contribution is -2.07. The molecule has 2 aromatic carbocycles. The molecule has 1 amide bonds. The number of anilines is 1. The van der Waals surface area contributed by atoms with Crippen LogP contribution in [0, 0.1) is 0 Å². The van der Waals surface area contributed by atoms with Crippen LogP contribution in [0.15, 0.2) is 59.8 Å². The van der Waals surface area contributed by atoms with Crippen molar-refractivity contribution in [3.8, 4) is 5.69 Å². The third-order valence-corrected chi connectivity index (χ3v) is 4.54. The topological polar surface area (TPSA) is 72.7 Å². The molecule has 1 N–H and O–H groups in total. The smallest absolute Gasteiger partial charge is 0.221 e. The van der Waals surface area contributed by atoms with Gasteiger partial charge in [-0.25, -0.2) is 0 Å². The SMILES string of the molecule is CC(=O)Nc1cccc(-n2nnnc2SCCCc2ccccc2)c1. The summed E-state index contributed by atoms with van der Waals surface area (Å²) in [6, 6.07) is 17.9. The van der Waals surface area contributed by atoms with E-state index in [2.05, 4.69) is 45.1 Å². The van der Waals surface area contributed by atoms with Crippen LogP contribution in [-0.4, -0.2) is 31.9 Å². The zero-order valence-corrected chi connectivity index (χ0v) is 14.7. The summed E-state index contributed by atoms with van der Waals surface area (Å²) in [4.78, 5) is 11.2. The van der Waals surface area contributed by atoms with Crippen LogP contribution >= 0.6 is 11.8 Å². The van der Waals surface area contributed by atoms with Gasteiger partial charge in [0.05, 0.1) is 5.69 Å². The summed E-state index contributed by atoms with van der Waals surface area (Å²) in [5, 5.41) is 15.5. The van der Waals surface area contributed by atoms with Crippen molar-refractivity contribution in [1.82, 2.24) is 20.2 Å². The summed E-state index contributed by atoms with van der Waals surface area (Å²) >= 11 is 1.63. The Morgan fingerprint density at radius 3 is 2.80 bits per heavy atom. The molecule has 0 spiro atoms. The predicted octanol–water partition coefficient (Wildman–Crippen LogP) is 3.35. The highest BCUT2D eigenvalue weighted by Gasteiger charge is 2.09. The number of tetrazole rings is 1. The fraction of sp³-hybridized carbons (Fsp3) is 0.222. The Hall–Kier alpha value is -2.67. The van der Waals surface area contributed by atoms with E-state index in [4.69, 9.17) is 0 Å². The number of carbonyl (C=O) groups is 1. The van der Waals surface area contributed by atoms with Crippen LogP contribution in [0.2, 0.25) is 0 Å². The molecule has 6 nitrogen and oxygen atoms in total. The Balaban J connectivity index is 1.61. The average Bonchev–Trinajstić information content (AvgIpc) is 3.08. The maximum Gasteiger partial charge on any atom is 0.221 e. The number of nitrogens with one attached hydrogen (secondary N) is 1. The molecule has 0 saturated heterocycles. The van der Waals surface area contributed by atoms with Gasteiger partial charge in [-0.15, -0.1) is 5.10 Å². The lowest BCUT2D eigenvalue weighted by Gasteiger charge is -2.07. The van der Waals surface area contributed by atoms with Gasteiger partial charge in [0.1, 0.15) is 0 Å². The van der Waals surface area contributed by atoms with Crippen LogP contribution in [0.5, 0.6) is 0 Å². The second kappa shape index (κ2) is 8.43. The molecule has 0 aliphatic carbocycles. The monoisotopic (exact) mass is 353 g/mol. The van der Waals surface area contributed by atoms with Gasteiger partial charge in [-0.1, -0.05) is 48.2 Å². The second-order valence-corrected chi connectivity index (χ2v) is 6.60. The van der Waals surface area contributed by atoms with Gasteiger partial charge < -0.3 is 5.32 Å². The first kappa shape index (κ1) is 17.2. The number of rotatable bonds is 7. The minimum atomic E-state index is -0.107. The summed E-state index contributed by atoms with van der Waals surface area (Å²) < 4.78 is 1.69. The van der Waals surface area contributed by atoms with E-state index in [0.717, 1.165) is 35.1 Å². The van der Waals surface area contributed by atoms with E-state index in [9.17, 15) is 4.79 Å². The molecule has 0 aliphatic heterocycles. The fourth-order valence-corrected chi connectivity index (χ4v) is 3.26. The minimum Gasteiger partial charge on any atom is -0.326 e. The molecule has 1 aromatic heterocycles. The summed E-state index contributed by atoms with van der Waals surface area (Å²) in [6.45, 7) is 1.48. The highest BCUT2D eigenvalue weighted by Crippen LogP contribution is 2.21. The number of hydrogen-bond acceptors (Lipinski definition) is 5. The van der Waals surface area contributed by atoms with Gasteiger partial charge in [-0.2, -0.15) is 4.68 Å². The maximum absolute atomic E-state index is 11.2. The first-order chi connectivity index (χ1) is 12.2. The fourth-order valence-electron chi connectivity index (χ4n) is 2.43. The molecule has 0 fully saturated rings. The zero-order valence-electron chi connectivity index (χ0n) is 13.9. The quantitative estimate of drug-likeness (QED) is 0.521. The lowest BCUT2D eigenvalue weighted by molar-refractivity contribution is -0.114. The van der Waals surface area contributed by atoms with Crippen LogP contribution in [-0.2, 0) is 11.2 Å². The number of aryl methyl sites for hydroxylation is 1. The molecule has 0 radical (unpaired) electrons. The van der Waals surface area contributed by atoms with Gasteiger partial charge in [0, 0.05) is 18.4 Å². The van der Waals surface area contributed by atoms with Crippen molar-refractivity contribution in [2.24, 2.45) is 0 Å². The van der Waals surface area contributed by atoms with Gasteiger partial charge in [-0.3, -0.25) is 4.79 Å². The summed E-state index contributed by atoms with van der Waals surface area (Å²) in [5.74, 6) is 0.824. The number of carbonyl (C=O) groups excluding carboxylic acids is 1. The van der Waals surface area contributed by atoms with E-state index in [1.54, 1.807) is 16.4 Å². The van der Waals surface area contributed by atoms with E-state index in [-0.39, 0.29) is 5.91 Å². The predicted molar refractivity (Wildman–Crippen MR) is 98.9 cm³/mol. The van der Waals surface area contributed by atoms with Gasteiger partial charge >= 0.3 is 0 Å².